The molecule has 1 aliphatic heterocycles. The van der Waals surface area contributed by atoms with Crippen molar-refractivity contribution in [1.29, 1.82) is 0 Å². The van der Waals surface area contributed by atoms with Gasteiger partial charge in [-0.15, -0.1) is 0 Å². The number of hydrogen-bond acceptors (Lipinski definition) is 5. The zero-order chi connectivity index (χ0) is 21.2. The number of hydrogen-bond donors (Lipinski definition) is 1. The normalized spacial score (nSPS) is 16.2. The average molecular weight is 417 g/mol. The first-order chi connectivity index (χ1) is 13.6. The highest BCUT2D eigenvalue weighted by atomic mass is 19.4. The summed E-state index contributed by atoms with van der Waals surface area (Å²) < 4.78 is 73.3. The fourth-order valence-electron chi connectivity index (χ4n) is 2.80. The van der Waals surface area contributed by atoms with Gasteiger partial charge in [-0.05, 0) is 30.3 Å². The molecule has 1 unspecified atom stereocenters. The number of alkyl halides is 5. The van der Waals surface area contributed by atoms with Crippen LogP contribution < -0.4 is 19.7 Å². The van der Waals surface area contributed by atoms with Gasteiger partial charge >= 0.3 is 12.8 Å². The van der Waals surface area contributed by atoms with Gasteiger partial charge < -0.3 is 19.7 Å². The molecule has 0 bridgehead atoms. The van der Waals surface area contributed by atoms with E-state index in [1.165, 1.54) is 31.2 Å². The number of nitrogens with one attached hydrogen (secondary N) is 1. The van der Waals surface area contributed by atoms with E-state index in [1.807, 2.05) is 0 Å². The predicted octanol–water partition coefficient (Wildman–Crippen LogP) is 3.74. The smallest absolute Gasteiger partial charge is 0.416 e. The maximum Gasteiger partial charge on any atom is 0.416 e. The second-order valence-electron chi connectivity index (χ2n) is 6.18. The SMILES string of the molecule is CC(=O)NCC1CN(c2ccc(C(F)(F)F)cc2)c2ccc(OC(F)F)nc2O1. The number of aromatic nitrogens is 1. The van der Waals surface area contributed by atoms with E-state index >= 15 is 0 Å². The van der Waals surface area contributed by atoms with Crippen LogP contribution in [0.3, 0.4) is 0 Å². The molecule has 0 aliphatic carbocycles. The van der Waals surface area contributed by atoms with E-state index in [-0.39, 0.29) is 30.8 Å². The summed E-state index contributed by atoms with van der Waals surface area (Å²) in [4.78, 5) is 16.7. The van der Waals surface area contributed by atoms with E-state index in [0.717, 1.165) is 12.1 Å². The third-order valence-electron chi connectivity index (χ3n) is 4.06. The molecule has 2 aromatic rings. The Kier molecular flexibility index (Phi) is 5.76. The lowest BCUT2D eigenvalue weighted by molar-refractivity contribution is -0.137. The van der Waals surface area contributed by atoms with Gasteiger partial charge in [0.1, 0.15) is 11.8 Å². The maximum absolute atomic E-state index is 12.8. The predicted molar refractivity (Wildman–Crippen MR) is 92.4 cm³/mol. The lowest BCUT2D eigenvalue weighted by atomic mass is 10.1. The number of rotatable bonds is 5. The van der Waals surface area contributed by atoms with Crippen LogP contribution in [0.25, 0.3) is 0 Å². The summed E-state index contributed by atoms with van der Waals surface area (Å²) in [6.45, 7) is -1.48. The number of fused-ring (bicyclic) bond motifs is 1. The first-order valence-corrected chi connectivity index (χ1v) is 8.45. The first kappa shape index (κ1) is 20.6. The average Bonchev–Trinajstić information content (AvgIpc) is 2.64. The van der Waals surface area contributed by atoms with Crippen LogP contribution >= 0.6 is 0 Å². The fraction of sp³-hybridized carbons (Fsp3) is 0.333. The minimum absolute atomic E-state index is 0.0374. The van der Waals surface area contributed by atoms with Crippen LogP contribution in [0.15, 0.2) is 36.4 Å². The number of ether oxygens (including phenoxy) is 2. The Bertz CT molecular complexity index is 874. The molecule has 0 saturated heterocycles. The molecule has 1 atom stereocenters. The molecule has 0 fully saturated rings. The summed E-state index contributed by atoms with van der Waals surface area (Å²) in [6, 6.07) is 7.09. The van der Waals surface area contributed by atoms with Crippen molar-refractivity contribution in [2.45, 2.75) is 25.8 Å². The molecular weight excluding hydrogens is 401 g/mol. The second-order valence-corrected chi connectivity index (χ2v) is 6.18. The van der Waals surface area contributed by atoms with Crippen molar-refractivity contribution in [1.82, 2.24) is 10.3 Å². The Morgan fingerprint density at radius 2 is 1.97 bits per heavy atom. The summed E-state index contributed by atoms with van der Waals surface area (Å²) in [7, 11) is 0. The zero-order valence-electron chi connectivity index (χ0n) is 15.0. The van der Waals surface area contributed by atoms with E-state index in [9.17, 15) is 26.7 Å². The number of benzene rings is 1. The van der Waals surface area contributed by atoms with E-state index in [1.54, 1.807) is 4.90 Å². The lowest BCUT2D eigenvalue weighted by Crippen LogP contribution is -2.44. The summed E-state index contributed by atoms with van der Waals surface area (Å²) >= 11 is 0. The summed E-state index contributed by atoms with van der Waals surface area (Å²) in [5, 5.41) is 2.58. The summed E-state index contributed by atoms with van der Waals surface area (Å²) in [5.74, 6) is -0.709. The Hall–Kier alpha value is -3.11. The van der Waals surface area contributed by atoms with Crippen molar-refractivity contribution in [3.63, 3.8) is 0 Å². The minimum Gasteiger partial charge on any atom is -0.469 e. The van der Waals surface area contributed by atoms with Gasteiger partial charge in [-0.25, -0.2) is 0 Å². The summed E-state index contributed by atoms with van der Waals surface area (Å²) in [5.41, 5.74) is -0.0199. The number of halogens is 5. The molecule has 0 radical (unpaired) electrons. The Morgan fingerprint density at radius 3 is 2.55 bits per heavy atom. The highest BCUT2D eigenvalue weighted by Gasteiger charge is 2.32. The van der Waals surface area contributed by atoms with Gasteiger partial charge in [0.25, 0.3) is 0 Å². The monoisotopic (exact) mass is 417 g/mol. The summed E-state index contributed by atoms with van der Waals surface area (Å²) in [6.07, 6.45) is -5.10. The van der Waals surface area contributed by atoms with Gasteiger partial charge in [0.15, 0.2) is 0 Å². The highest BCUT2D eigenvalue weighted by Crippen LogP contribution is 2.39. The molecule has 0 spiro atoms. The van der Waals surface area contributed by atoms with Crippen molar-refractivity contribution >= 4 is 17.3 Å². The van der Waals surface area contributed by atoms with Gasteiger partial charge in [-0.2, -0.15) is 26.9 Å². The van der Waals surface area contributed by atoms with E-state index < -0.39 is 24.5 Å². The molecule has 1 aromatic carbocycles. The largest absolute Gasteiger partial charge is 0.469 e. The van der Waals surface area contributed by atoms with Crippen LogP contribution in [0.4, 0.5) is 33.3 Å². The molecule has 1 amide bonds. The van der Waals surface area contributed by atoms with Crippen LogP contribution in [0, 0.1) is 0 Å². The third kappa shape index (κ3) is 5.04. The van der Waals surface area contributed by atoms with Gasteiger partial charge in [0.2, 0.25) is 17.7 Å². The molecule has 1 aliphatic rings. The number of amides is 1. The molecular formula is C18H16F5N3O3. The van der Waals surface area contributed by atoms with Gasteiger partial charge in [-0.1, -0.05) is 0 Å². The van der Waals surface area contributed by atoms with E-state index in [4.69, 9.17) is 4.74 Å². The minimum atomic E-state index is -4.47. The molecule has 1 N–H and O–H groups in total. The first-order valence-electron chi connectivity index (χ1n) is 8.45. The van der Waals surface area contributed by atoms with Gasteiger partial charge in [0.05, 0.1) is 18.7 Å². The Labute approximate surface area is 162 Å². The fourth-order valence-corrected chi connectivity index (χ4v) is 2.80. The topological polar surface area (TPSA) is 63.7 Å². The van der Waals surface area contributed by atoms with Crippen LogP contribution in [0.1, 0.15) is 12.5 Å². The van der Waals surface area contributed by atoms with Crippen molar-refractivity contribution in [2.75, 3.05) is 18.0 Å². The van der Waals surface area contributed by atoms with Crippen LogP contribution in [0.2, 0.25) is 0 Å². The van der Waals surface area contributed by atoms with Gasteiger partial charge in [0, 0.05) is 18.7 Å². The lowest BCUT2D eigenvalue weighted by Gasteiger charge is -2.35. The third-order valence-corrected chi connectivity index (χ3v) is 4.06. The van der Waals surface area contributed by atoms with Crippen LogP contribution in [-0.2, 0) is 11.0 Å². The van der Waals surface area contributed by atoms with E-state index in [2.05, 4.69) is 15.0 Å². The molecule has 6 nitrogen and oxygen atoms in total. The van der Waals surface area contributed by atoms with Crippen molar-refractivity contribution < 1.29 is 36.2 Å². The van der Waals surface area contributed by atoms with Crippen molar-refractivity contribution in [3.05, 3.63) is 42.0 Å². The number of carbonyl (C=O) groups excluding carboxylic acids is 1. The number of carbonyl (C=O) groups is 1. The quantitative estimate of drug-likeness (QED) is 0.752. The highest BCUT2D eigenvalue weighted by molar-refractivity contribution is 5.73. The molecule has 11 heteroatoms. The molecule has 2 heterocycles. The number of nitrogens with zero attached hydrogens (tertiary/aromatic N) is 2. The van der Waals surface area contributed by atoms with E-state index in [0.29, 0.717) is 11.4 Å². The zero-order valence-corrected chi connectivity index (χ0v) is 15.0. The maximum atomic E-state index is 12.8. The Balaban J connectivity index is 1.93. The van der Waals surface area contributed by atoms with Crippen LogP contribution in [0.5, 0.6) is 11.8 Å². The molecule has 3 rings (SSSR count). The van der Waals surface area contributed by atoms with Crippen molar-refractivity contribution in [3.8, 4) is 11.8 Å². The number of anilines is 2. The van der Waals surface area contributed by atoms with Gasteiger partial charge in [-0.3, -0.25) is 4.79 Å². The molecule has 1 aromatic heterocycles. The standard InChI is InChI=1S/C18H16F5N3O3/c1-10(27)24-8-13-9-26(12-4-2-11(3-5-12)18(21,22)23)14-6-7-15(29-17(19)20)25-16(14)28-13/h2-7,13,17H,8-9H2,1H3,(H,24,27). The number of pyridine rings is 1. The van der Waals surface area contributed by atoms with Crippen molar-refractivity contribution in [2.24, 2.45) is 0 Å². The Morgan fingerprint density at radius 1 is 1.28 bits per heavy atom. The molecule has 29 heavy (non-hydrogen) atoms. The van der Waals surface area contributed by atoms with Crippen LogP contribution in [-0.4, -0.2) is 36.7 Å². The second kappa shape index (κ2) is 8.10. The molecule has 0 saturated carbocycles. The molecule has 156 valence electrons.